The average Bonchev–Trinajstić information content (AvgIpc) is 2.40. The molecule has 1 aromatic rings. The lowest BCUT2D eigenvalue weighted by atomic mass is 9.90. The van der Waals surface area contributed by atoms with Gasteiger partial charge in [0.15, 0.2) is 0 Å². The van der Waals surface area contributed by atoms with Crippen molar-refractivity contribution in [3.63, 3.8) is 0 Å². The number of anilines is 1. The van der Waals surface area contributed by atoms with Gasteiger partial charge in [0, 0.05) is 18.3 Å². The SMILES string of the molecule is CC#Cc1c[nH]c(=O)c(N2CCOC3(COC3)[C@@H]2C)c1. The second-order valence-electron chi connectivity index (χ2n) is 5.25. The molecule has 5 nitrogen and oxygen atoms in total. The summed E-state index contributed by atoms with van der Waals surface area (Å²) < 4.78 is 11.2. The van der Waals surface area contributed by atoms with Crippen molar-refractivity contribution in [2.45, 2.75) is 25.5 Å². The molecule has 2 aliphatic heterocycles. The lowest BCUT2D eigenvalue weighted by molar-refractivity contribution is -0.228. The maximum Gasteiger partial charge on any atom is 0.271 e. The highest BCUT2D eigenvalue weighted by molar-refractivity contribution is 5.51. The highest BCUT2D eigenvalue weighted by Gasteiger charge is 2.50. The third-order valence-electron chi connectivity index (χ3n) is 4.11. The molecule has 0 radical (unpaired) electrons. The van der Waals surface area contributed by atoms with Crippen LogP contribution in [-0.4, -0.2) is 43.0 Å². The van der Waals surface area contributed by atoms with Gasteiger partial charge >= 0.3 is 0 Å². The molecule has 0 amide bonds. The minimum absolute atomic E-state index is 0.0872. The van der Waals surface area contributed by atoms with E-state index < -0.39 is 0 Å². The first kappa shape index (κ1) is 13.2. The summed E-state index contributed by atoms with van der Waals surface area (Å²) in [6.45, 7) is 6.36. The summed E-state index contributed by atoms with van der Waals surface area (Å²) in [5, 5.41) is 0. The van der Waals surface area contributed by atoms with Gasteiger partial charge in [-0.15, -0.1) is 5.92 Å². The largest absolute Gasteiger partial charge is 0.375 e. The van der Waals surface area contributed by atoms with E-state index in [-0.39, 0.29) is 17.2 Å². The number of H-pyrrole nitrogens is 1. The van der Waals surface area contributed by atoms with E-state index in [2.05, 4.69) is 28.6 Å². The molecule has 0 aromatic carbocycles. The Balaban J connectivity index is 1.96. The Labute approximate surface area is 117 Å². The van der Waals surface area contributed by atoms with Crippen LogP contribution in [0.25, 0.3) is 0 Å². The Kier molecular flexibility index (Phi) is 3.28. The zero-order chi connectivity index (χ0) is 14.2. The molecule has 0 saturated carbocycles. The van der Waals surface area contributed by atoms with Gasteiger partial charge in [-0.25, -0.2) is 0 Å². The summed E-state index contributed by atoms with van der Waals surface area (Å²) in [4.78, 5) is 17.0. The van der Waals surface area contributed by atoms with Crippen molar-refractivity contribution in [1.82, 2.24) is 4.98 Å². The number of pyridine rings is 1. The van der Waals surface area contributed by atoms with E-state index in [9.17, 15) is 4.79 Å². The molecule has 2 aliphatic rings. The number of hydrogen-bond acceptors (Lipinski definition) is 4. The molecule has 2 saturated heterocycles. The molecule has 5 heteroatoms. The fourth-order valence-corrected chi connectivity index (χ4v) is 2.80. The van der Waals surface area contributed by atoms with Crippen molar-refractivity contribution >= 4 is 5.69 Å². The number of nitrogens with one attached hydrogen (secondary N) is 1. The van der Waals surface area contributed by atoms with E-state index in [0.29, 0.717) is 32.1 Å². The van der Waals surface area contributed by atoms with Gasteiger partial charge < -0.3 is 19.4 Å². The van der Waals surface area contributed by atoms with Crippen molar-refractivity contribution in [2.24, 2.45) is 0 Å². The second kappa shape index (κ2) is 4.97. The first-order chi connectivity index (χ1) is 9.66. The molecule has 0 unspecified atom stereocenters. The predicted molar refractivity (Wildman–Crippen MR) is 75.9 cm³/mol. The summed E-state index contributed by atoms with van der Waals surface area (Å²) in [5.41, 5.74) is 1.12. The quantitative estimate of drug-likeness (QED) is 0.768. The predicted octanol–water partition coefficient (Wildman–Crippen LogP) is 0.740. The van der Waals surface area contributed by atoms with Crippen LogP contribution < -0.4 is 10.5 Å². The Morgan fingerprint density at radius 3 is 2.95 bits per heavy atom. The van der Waals surface area contributed by atoms with Crippen molar-refractivity contribution in [3.8, 4) is 11.8 Å². The number of aromatic nitrogens is 1. The monoisotopic (exact) mass is 274 g/mol. The number of morpholine rings is 1. The van der Waals surface area contributed by atoms with Crippen LogP contribution in [0.1, 0.15) is 19.4 Å². The molecule has 20 heavy (non-hydrogen) atoms. The van der Waals surface area contributed by atoms with Gasteiger partial charge in [0.05, 0.1) is 25.9 Å². The summed E-state index contributed by atoms with van der Waals surface area (Å²) >= 11 is 0. The Bertz CT molecular complexity index is 622. The smallest absolute Gasteiger partial charge is 0.271 e. The van der Waals surface area contributed by atoms with Crippen LogP contribution in [0, 0.1) is 11.8 Å². The standard InChI is InChI=1S/C15H18N2O3/c1-3-4-12-7-13(14(18)16-8-12)17-5-6-20-15(11(17)2)9-19-10-15/h7-8,11H,5-6,9-10H2,1-2H3,(H,16,18)/t11-/m0/s1. The minimum Gasteiger partial charge on any atom is -0.375 e. The molecule has 3 rings (SSSR count). The maximum atomic E-state index is 12.1. The molecule has 1 atom stereocenters. The fraction of sp³-hybridized carbons (Fsp3) is 0.533. The van der Waals surface area contributed by atoms with Crippen LogP contribution in [0.15, 0.2) is 17.1 Å². The van der Waals surface area contributed by atoms with Crippen molar-refractivity contribution in [3.05, 3.63) is 28.2 Å². The van der Waals surface area contributed by atoms with Crippen LogP contribution in [0.2, 0.25) is 0 Å². The Hall–Kier alpha value is -1.77. The second-order valence-corrected chi connectivity index (χ2v) is 5.25. The molecular weight excluding hydrogens is 256 g/mol. The lowest BCUT2D eigenvalue weighted by Gasteiger charge is -2.53. The molecule has 3 heterocycles. The van der Waals surface area contributed by atoms with E-state index in [4.69, 9.17) is 9.47 Å². The van der Waals surface area contributed by atoms with E-state index in [1.807, 2.05) is 6.07 Å². The normalized spacial score (nSPS) is 23.9. The summed E-state index contributed by atoms with van der Waals surface area (Å²) in [7, 11) is 0. The molecule has 1 spiro atoms. The van der Waals surface area contributed by atoms with Gasteiger partial charge in [-0.3, -0.25) is 4.79 Å². The van der Waals surface area contributed by atoms with E-state index >= 15 is 0 Å². The van der Waals surface area contributed by atoms with Crippen LogP contribution in [0.4, 0.5) is 5.69 Å². The van der Waals surface area contributed by atoms with E-state index in [1.54, 1.807) is 13.1 Å². The van der Waals surface area contributed by atoms with Gasteiger partial charge in [0.2, 0.25) is 0 Å². The van der Waals surface area contributed by atoms with E-state index in [1.165, 1.54) is 0 Å². The third kappa shape index (κ3) is 2.01. The highest BCUT2D eigenvalue weighted by atomic mass is 16.6. The summed E-state index contributed by atoms with van der Waals surface area (Å²) in [6.07, 6.45) is 1.65. The maximum absolute atomic E-state index is 12.1. The van der Waals surface area contributed by atoms with Gasteiger partial charge in [0.25, 0.3) is 5.56 Å². The average molecular weight is 274 g/mol. The lowest BCUT2D eigenvalue weighted by Crippen LogP contribution is -2.68. The summed E-state index contributed by atoms with van der Waals surface area (Å²) in [6, 6.07) is 1.96. The number of rotatable bonds is 1. The molecular formula is C15H18N2O3. The number of ether oxygens (including phenoxy) is 2. The molecule has 0 bridgehead atoms. The van der Waals surface area contributed by atoms with Crippen molar-refractivity contribution in [1.29, 1.82) is 0 Å². The van der Waals surface area contributed by atoms with Crippen LogP contribution >= 0.6 is 0 Å². The minimum atomic E-state index is -0.267. The van der Waals surface area contributed by atoms with Crippen molar-refractivity contribution in [2.75, 3.05) is 31.3 Å². The van der Waals surface area contributed by atoms with Gasteiger partial charge in [-0.05, 0) is 19.9 Å². The molecule has 0 aliphatic carbocycles. The van der Waals surface area contributed by atoms with Crippen LogP contribution in [0.5, 0.6) is 0 Å². The van der Waals surface area contributed by atoms with Crippen LogP contribution in [-0.2, 0) is 9.47 Å². The number of hydrogen-bond donors (Lipinski definition) is 1. The molecule has 1 aromatic heterocycles. The Morgan fingerprint density at radius 2 is 2.30 bits per heavy atom. The first-order valence-corrected chi connectivity index (χ1v) is 6.80. The zero-order valence-corrected chi connectivity index (χ0v) is 11.7. The van der Waals surface area contributed by atoms with Crippen molar-refractivity contribution < 1.29 is 9.47 Å². The molecule has 1 N–H and O–H groups in total. The van der Waals surface area contributed by atoms with Gasteiger partial charge in [0.1, 0.15) is 11.3 Å². The topological polar surface area (TPSA) is 54.6 Å². The van der Waals surface area contributed by atoms with Gasteiger partial charge in [-0.1, -0.05) is 5.92 Å². The van der Waals surface area contributed by atoms with E-state index in [0.717, 1.165) is 5.56 Å². The summed E-state index contributed by atoms with van der Waals surface area (Å²) in [5.74, 6) is 5.82. The number of aromatic amines is 1. The van der Waals surface area contributed by atoms with Crippen LogP contribution in [0.3, 0.4) is 0 Å². The molecule has 2 fully saturated rings. The highest BCUT2D eigenvalue weighted by Crippen LogP contribution is 2.33. The third-order valence-corrected chi connectivity index (χ3v) is 4.11. The number of nitrogens with zero attached hydrogens (tertiary/aromatic N) is 1. The zero-order valence-electron chi connectivity index (χ0n) is 11.7. The van der Waals surface area contributed by atoms with Gasteiger partial charge in [-0.2, -0.15) is 0 Å². The molecule has 106 valence electrons. The Morgan fingerprint density at radius 1 is 1.50 bits per heavy atom. The fourth-order valence-electron chi connectivity index (χ4n) is 2.80. The first-order valence-electron chi connectivity index (χ1n) is 6.80.